The van der Waals surface area contributed by atoms with Crippen LogP contribution in [0.1, 0.15) is 28.7 Å². The van der Waals surface area contributed by atoms with Gasteiger partial charge in [0.1, 0.15) is 24.4 Å². The lowest BCUT2D eigenvalue weighted by Gasteiger charge is -2.46. The van der Waals surface area contributed by atoms with Crippen molar-refractivity contribution >= 4 is 0 Å². The molecular weight excluding hydrogens is 526 g/mol. The molecule has 0 spiro atoms. The van der Waals surface area contributed by atoms with Gasteiger partial charge >= 0.3 is 0 Å². The molecule has 1 saturated heterocycles. The number of nitriles is 1. The third-order valence-electron chi connectivity index (χ3n) is 7.27. The highest BCUT2D eigenvalue weighted by Crippen LogP contribution is 2.32. The van der Waals surface area contributed by atoms with Crippen LogP contribution < -0.4 is 0 Å². The number of rotatable bonds is 14. The van der Waals surface area contributed by atoms with E-state index < -0.39 is 30.5 Å². The van der Waals surface area contributed by atoms with E-state index in [0.717, 1.165) is 22.3 Å². The standard InChI is InChI=1S/C36H37NO5/c37-22-21-32-34(39-24-29-15-7-2-8-16-29)36(41-26-31-19-11-4-12-20-31)35(40-25-30-17-9-3-10-18-30)33(42-32)27-38-23-28-13-5-1-6-14-28/h1-20,32-36H,21,23-27H2/t32-,33+,34-,35+,36+/m0/s1. The van der Waals surface area contributed by atoms with Gasteiger partial charge in [0.2, 0.25) is 0 Å². The third kappa shape index (κ3) is 8.59. The molecule has 0 radical (unpaired) electrons. The molecule has 1 heterocycles. The molecule has 216 valence electrons. The zero-order valence-electron chi connectivity index (χ0n) is 23.7. The van der Waals surface area contributed by atoms with E-state index in [4.69, 9.17) is 23.7 Å². The zero-order chi connectivity index (χ0) is 28.8. The van der Waals surface area contributed by atoms with Crippen LogP contribution in [-0.2, 0) is 50.1 Å². The maximum Gasteiger partial charge on any atom is 0.115 e. The van der Waals surface area contributed by atoms with Crippen molar-refractivity contribution in [3.8, 4) is 6.07 Å². The van der Waals surface area contributed by atoms with Crippen molar-refractivity contribution in [2.24, 2.45) is 0 Å². The molecule has 0 aromatic heterocycles. The summed E-state index contributed by atoms with van der Waals surface area (Å²) in [5.41, 5.74) is 4.19. The van der Waals surface area contributed by atoms with E-state index in [0.29, 0.717) is 26.4 Å². The van der Waals surface area contributed by atoms with Gasteiger partial charge in [-0.15, -0.1) is 0 Å². The molecule has 4 aromatic carbocycles. The Morgan fingerprint density at radius 3 is 1.31 bits per heavy atom. The van der Waals surface area contributed by atoms with Crippen LogP contribution in [-0.4, -0.2) is 37.1 Å². The van der Waals surface area contributed by atoms with Crippen molar-refractivity contribution in [1.29, 1.82) is 5.26 Å². The Hall–Kier alpha value is -3.83. The third-order valence-corrected chi connectivity index (χ3v) is 7.27. The first-order valence-electron chi connectivity index (χ1n) is 14.4. The monoisotopic (exact) mass is 563 g/mol. The summed E-state index contributed by atoms with van der Waals surface area (Å²) in [6.45, 7) is 1.84. The SMILES string of the molecule is N#CC[C@@H]1O[C@H](COCc2ccccc2)[C@@H](OCc2ccccc2)[C@H](OCc2ccccc2)[C@H]1OCc1ccccc1. The number of hydrogen-bond acceptors (Lipinski definition) is 6. The zero-order valence-corrected chi connectivity index (χ0v) is 23.7. The fourth-order valence-corrected chi connectivity index (χ4v) is 5.14. The van der Waals surface area contributed by atoms with Crippen LogP contribution in [0.5, 0.6) is 0 Å². The normalized spacial score (nSPS) is 21.9. The highest BCUT2D eigenvalue weighted by molar-refractivity contribution is 5.16. The summed E-state index contributed by atoms with van der Waals surface area (Å²) < 4.78 is 32.5. The Kier molecular flexibility index (Phi) is 11.3. The van der Waals surface area contributed by atoms with Crippen LogP contribution in [0.2, 0.25) is 0 Å². The van der Waals surface area contributed by atoms with E-state index in [1.54, 1.807) is 0 Å². The molecule has 0 aliphatic carbocycles. The Morgan fingerprint density at radius 1 is 0.500 bits per heavy atom. The molecule has 0 amide bonds. The smallest absolute Gasteiger partial charge is 0.115 e. The second kappa shape index (κ2) is 16.0. The molecule has 1 fully saturated rings. The van der Waals surface area contributed by atoms with Gasteiger partial charge in [-0.05, 0) is 22.3 Å². The highest BCUT2D eigenvalue weighted by Gasteiger charge is 2.48. The molecule has 0 saturated carbocycles. The van der Waals surface area contributed by atoms with Gasteiger partial charge in [0.05, 0.1) is 51.6 Å². The quantitative estimate of drug-likeness (QED) is 0.171. The van der Waals surface area contributed by atoms with Gasteiger partial charge in [-0.1, -0.05) is 121 Å². The van der Waals surface area contributed by atoms with Gasteiger partial charge in [-0.2, -0.15) is 5.26 Å². The van der Waals surface area contributed by atoms with Gasteiger partial charge in [0.15, 0.2) is 0 Å². The van der Waals surface area contributed by atoms with E-state index in [2.05, 4.69) is 6.07 Å². The molecule has 0 bridgehead atoms. The lowest BCUT2D eigenvalue weighted by atomic mass is 9.92. The van der Waals surface area contributed by atoms with Gasteiger partial charge < -0.3 is 23.7 Å². The van der Waals surface area contributed by atoms with Gasteiger partial charge in [-0.3, -0.25) is 0 Å². The Labute approximate surface area is 248 Å². The number of ether oxygens (including phenoxy) is 5. The fourth-order valence-electron chi connectivity index (χ4n) is 5.14. The van der Waals surface area contributed by atoms with Crippen LogP contribution in [0.3, 0.4) is 0 Å². The van der Waals surface area contributed by atoms with E-state index >= 15 is 0 Å². The Balaban J connectivity index is 1.40. The minimum absolute atomic E-state index is 0.158. The largest absolute Gasteiger partial charge is 0.374 e. The molecule has 5 rings (SSSR count). The van der Waals surface area contributed by atoms with Crippen molar-refractivity contribution in [3.05, 3.63) is 144 Å². The molecule has 0 unspecified atom stereocenters. The lowest BCUT2D eigenvalue weighted by molar-refractivity contribution is -0.271. The summed E-state index contributed by atoms with van der Waals surface area (Å²) in [5, 5.41) is 9.76. The molecule has 6 nitrogen and oxygen atoms in total. The number of benzene rings is 4. The van der Waals surface area contributed by atoms with Crippen LogP contribution in [0.15, 0.2) is 121 Å². The van der Waals surface area contributed by atoms with E-state index in [1.807, 2.05) is 121 Å². The van der Waals surface area contributed by atoms with E-state index in [1.165, 1.54) is 0 Å². The minimum Gasteiger partial charge on any atom is -0.374 e. The van der Waals surface area contributed by atoms with Crippen LogP contribution in [0.4, 0.5) is 0 Å². The second-order valence-corrected chi connectivity index (χ2v) is 10.4. The maximum absolute atomic E-state index is 9.76. The van der Waals surface area contributed by atoms with Gasteiger partial charge in [0.25, 0.3) is 0 Å². The summed E-state index contributed by atoms with van der Waals surface area (Å²) in [5.74, 6) is 0. The van der Waals surface area contributed by atoms with Crippen molar-refractivity contribution in [2.45, 2.75) is 63.4 Å². The summed E-state index contributed by atoms with van der Waals surface area (Å²) in [7, 11) is 0. The Bertz CT molecular complexity index is 1350. The first-order valence-corrected chi connectivity index (χ1v) is 14.4. The van der Waals surface area contributed by atoms with Crippen LogP contribution >= 0.6 is 0 Å². The van der Waals surface area contributed by atoms with Crippen molar-refractivity contribution in [1.82, 2.24) is 0 Å². The van der Waals surface area contributed by atoms with Crippen molar-refractivity contribution in [3.63, 3.8) is 0 Å². The van der Waals surface area contributed by atoms with Crippen LogP contribution in [0.25, 0.3) is 0 Å². The molecule has 5 atom stereocenters. The molecule has 1 aliphatic rings. The number of nitrogens with zero attached hydrogens (tertiary/aromatic N) is 1. The summed E-state index contributed by atoms with van der Waals surface area (Å²) in [6.07, 6.45) is -2.35. The molecule has 0 N–H and O–H groups in total. The first-order chi connectivity index (χ1) is 20.8. The molecule has 6 heteroatoms. The molecule has 42 heavy (non-hydrogen) atoms. The summed E-state index contributed by atoms with van der Waals surface area (Å²) in [6, 6.07) is 42.4. The maximum atomic E-state index is 9.76. The topological polar surface area (TPSA) is 69.9 Å². The Morgan fingerprint density at radius 2 is 0.881 bits per heavy atom. The van der Waals surface area contributed by atoms with Crippen LogP contribution in [0, 0.1) is 11.3 Å². The fraction of sp³-hybridized carbons (Fsp3) is 0.306. The first kappa shape index (κ1) is 29.7. The molecule has 4 aromatic rings. The van der Waals surface area contributed by atoms with Gasteiger partial charge in [-0.25, -0.2) is 0 Å². The van der Waals surface area contributed by atoms with E-state index in [-0.39, 0.29) is 13.0 Å². The minimum atomic E-state index is -0.528. The average Bonchev–Trinajstić information content (AvgIpc) is 3.05. The highest BCUT2D eigenvalue weighted by atomic mass is 16.6. The van der Waals surface area contributed by atoms with E-state index in [9.17, 15) is 5.26 Å². The number of hydrogen-bond donors (Lipinski definition) is 0. The summed E-state index contributed by atoms with van der Waals surface area (Å²) in [4.78, 5) is 0. The molecule has 1 aliphatic heterocycles. The van der Waals surface area contributed by atoms with Gasteiger partial charge in [0, 0.05) is 0 Å². The van der Waals surface area contributed by atoms with Crippen molar-refractivity contribution in [2.75, 3.05) is 6.61 Å². The predicted molar refractivity (Wildman–Crippen MR) is 160 cm³/mol. The average molecular weight is 564 g/mol. The molecular formula is C36H37NO5. The van der Waals surface area contributed by atoms with Crippen molar-refractivity contribution < 1.29 is 23.7 Å². The second-order valence-electron chi connectivity index (χ2n) is 10.4. The lowest BCUT2D eigenvalue weighted by Crippen LogP contribution is -2.61. The summed E-state index contributed by atoms with van der Waals surface area (Å²) >= 11 is 0. The predicted octanol–water partition coefficient (Wildman–Crippen LogP) is 6.64.